The second-order valence-electron chi connectivity index (χ2n) is 5.33. The van der Waals surface area contributed by atoms with Crippen molar-refractivity contribution in [2.45, 2.75) is 33.2 Å². The van der Waals surface area contributed by atoms with Crippen LogP contribution in [-0.4, -0.2) is 11.7 Å². The standard InChI is InChI=1S/C18H23NO/c1-13-5-4-6-18(14(13)2)15(3)19-17-9-7-16(8-10-17)11-12-20/h4-10,15,19-20H,11-12H2,1-3H3. The van der Waals surface area contributed by atoms with Gasteiger partial charge in [0.25, 0.3) is 0 Å². The summed E-state index contributed by atoms with van der Waals surface area (Å²) in [6.45, 7) is 6.71. The second-order valence-corrected chi connectivity index (χ2v) is 5.33. The van der Waals surface area contributed by atoms with Gasteiger partial charge in [-0.1, -0.05) is 30.3 Å². The van der Waals surface area contributed by atoms with Crippen molar-refractivity contribution in [3.05, 3.63) is 64.7 Å². The lowest BCUT2D eigenvalue weighted by Gasteiger charge is -2.19. The van der Waals surface area contributed by atoms with Gasteiger partial charge < -0.3 is 10.4 Å². The predicted molar refractivity (Wildman–Crippen MR) is 85.2 cm³/mol. The lowest BCUT2D eigenvalue weighted by Crippen LogP contribution is -2.08. The number of aliphatic hydroxyl groups is 1. The molecule has 0 radical (unpaired) electrons. The molecule has 2 nitrogen and oxygen atoms in total. The number of aryl methyl sites for hydroxylation is 1. The molecule has 0 amide bonds. The zero-order valence-corrected chi connectivity index (χ0v) is 12.5. The molecule has 2 N–H and O–H groups in total. The van der Waals surface area contributed by atoms with E-state index in [2.05, 4.69) is 68.6 Å². The summed E-state index contributed by atoms with van der Waals surface area (Å²) in [7, 11) is 0. The van der Waals surface area contributed by atoms with E-state index in [0.717, 1.165) is 11.3 Å². The molecule has 0 aliphatic carbocycles. The van der Waals surface area contributed by atoms with Crippen molar-refractivity contribution in [1.82, 2.24) is 0 Å². The smallest absolute Gasteiger partial charge is 0.0488 e. The Morgan fingerprint density at radius 2 is 1.75 bits per heavy atom. The van der Waals surface area contributed by atoms with Gasteiger partial charge in [-0.3, -0.25) is 0 Å². The Hall–Kier alpha value is -1.80. The van der Waals surface area contributed by atoms with Gasteiger partial charge >= 0.3 is 0 Å². The minimum atomic E-state index is 0.200. The highest BCUT2D eigenvalue weighted by Crippen LogP contribution is 2.24. The number of hydrogen-bond acceptors (Lipinski definition) is 2. The van der Waals surface area contributed by atoms with Crippen LogP contribution in [0.2, 0.25) is 0 Å². The van der Waals surface area contributed by atoms with Crippen molar-refractivity contribution >= 4 is 5.69 Å². The van der Waals surface area contributed by atoms with Gasteiger partial charge in [0.2, 0.25) is 0 Å². The third-order valence-corrected chi connectivity index (χ3v) is 3.85. The van der Waals surface area contributed by atoms with Crippen molar-refractivity contribution in [2.24, 2.45) is 0 Å². The number of nitrogens with one attached hydrogen (secondary N) is 1. The van der Waals surface area contributed by atoms with Gasteiger partial charge in [0.15, 0.2) is 0 Å². The summed E-state index contributed by atoms with van der Waals surface area (Å²) >= 11 is 0. The fourth-order valence-electron chi connectivity index (χ4n) is 2.47. The molecule has 0 bridgehead atoms. The maximum absolute atomic E-state index is 8.92. The second kappa shape index (κ2) is 6.58. The van der Waals surface area contributed by atoms with Gasteiger partial charge in [-0.25, -0.2) is 0 Å². The molecule has 0 spiro atoms. The molecular formula is C18H23NO. The van der Waals surface area contributed by atoms with Gasteiger partial charge in [0, 0.05) is 18.3 Å². The highest BCUT2D eigenvalue weighted by molar-refractivity contribution is 5.48. The van der Waals surface area contributed by atoms with Gasteiger partial charge in [0.1, 0.15) is 0 Å². The maximum atomic E-state index is 8.92. The van der Waals surface area contributed by atoms with Crippen LogP contribution >= 0.6 is 0 Å². The molecular weight excluding hydrogens is 246 g/mol. The summed E-state index contributed by atoms with van der Waals surface area (Å²) in [5, 5.41) is 12.5. The van der Waals surface area contributed by atoms with Crippen LogP contribution in [-0.2, 0) is 6.42 Å². The van der Waals surface area contributed by atoms with E-state index in [1.54, 1.807) is 0 Å². The van der Waals surface area contributed by atoms with E-state index in [9.17, 15) is 0 Å². The van der Waals surface area contributed by atoms with E-state index in [1.165, 1.54) is 16.7 Å². The third-order valence-electron chi connectivity index (χ3n) is 3.85. The lowest BCUT2D eigenvalue weighted by atomic mass is 9.98. The third kappa shape index (κ3) is 3.40. The molecule has 2 aromatic carbocycles. The number of hydrogen-bond donors (Lipinski definition) is 2. The van der Waals surface area contributed by atoms with Crippen molar-refractivity contribution in [2.75, 3.05) is 11.9 Å². The Morgan fingerprint density at radius 1 is 1.05 bits per heavy atom. The van der Waals surface area contributed by atoms with Gasteiger partial charge in [-0.05, 0) is 61.6 Å². The summed E-state index contributed by atoms with van der Waals surface area (Å²) in [5.74, 6) is 0. The average Bonchev–Trinajstić information content (AvgIpc) is 2.44. The molecule has 0 saturated carbocycles. The first-order chi connectivity index (χ1) is 9.61. The van der Waals surface area contributed by atoms with E-state index in [0.29, 0.717) is 6.42 Å². The Labute approximate surface area is 121 Å². The molecule has 0 saturated heterocycles. The summed E-state index contributed by atoms with van der Waals surface area (Å²) in [6.07, 6.45) is 0.715. The van der Waals surface area contributed by atoms with E-state index in [1.807, 2.05) is 0 Å². The Morgan fingerprint density at radius 3 is 2.40 bits per heavy atom. The molecule has 0 heterocycles. The minimum absolute atomic E-state index is 0.200. The SMILES string of the molecule is Cc1cccc(C(C)Nc2ccc(CCO)cc2)c1C. The zero-order chi connectivity index (χ0) is 14.5. The molecule has 0 aliphatic heterocycles. The Bertz CT molecular complexity index is 560. The largest absolute Gasteiger partial charge is 0.396 e. The van der Waals surface area contributed by atoms with Crippen LogP contribution in [0.4, 0.5) is 5.69 Å². The monoisotopic (exact) mass is 269 g/mol. The van der Waals surface area contributed by atoms with Crippen LogP contribution < -0.4 is 5.32 Å². The topological polar surface area (TPSA) is 32.3 Å². The quantitative estimate of drug-likeness (QED) is 0.859. The van der Waals surface area contributed by atoms with Crippen LogP contribution in [0.5, 0.6) is 0 Å². The molecule has 20 heavy (non-hydrogen) atoms. The lowest BCUT2D eigenvalue weighted by molar-refractivity contribution is 0.299. The molecule has 1 atom stereocenters. The average molecular weight is 269 g/mol. The summed E-state index contributed by atoms with van der Waals surface area (Å²) in [5.41, 5.74) is 6.29. The van der Waals surface area contributed by atoms with Crippen LogP contribution in [0.1, 0.15) is 35.2 Å². The highest BCUT2D eigenvalue weighted by Gasteiger charge is 2.09. The van der Waals surface area contributed by atoms with Gasteiger partial charge in [-0.2, -0.15) is 0 Å². The summed E-state index contributed by atoms with van der Waals surface area (Å²) in [4.78, 5) is 0. The van der Waals surface area contributed by atoms with Crippen molar-refractivity contribution in [3.63, 3.8) is 0 Å². The number of anilines is 1. The molecule has 2 heteroatoms. The van der Waals surface area contributed by atoms with E-state index >= 15 is 0 Å². The van der Waals surface area contributed by atoms with Gasteiger partial charge in [-0.15, -0.1) is 0 Å². The molecule has 0 fully saturated rings. The van der Waals surface area contributed by atoms with E-state index < -0.39 is 0 Å². The molecule has 106 valence electrons. The van der Waals surface area contributed by atoms with E-state index in [4.69, 9.17) is 5.11 Å². The van der Waals surface area contributed by atoms with Crippen molar-refractivity contribution in [3.8, 4) is 0 Å². The first-order valence-electron chi connectivity index (χ1n) is 7.14. The van der Waals surface area contributed by atoms with E-state index in [-0.39, 0.29) is 12.6 Å². The van der Waals surface area contributed by atoms with Crippen LogP contribution in [0.15, 0.2) is 42.5 Å². The fraction of sp³-hybridized carbons (Fsp3) is 0.333. The fourth-order valence-corrected chi connectivity index (χ4v) is 2.47. The van der Waals surface area contributed by atoms with Crippen molar-refractivity contribution in [1.29, 1.82) is 0 Å². The zero-order valence-electron chi connectivity index (χ0n) is 12.5. The highest BCUT2D eigenvalue weighted by atomic mass is 16.2. The van der Waals surface area contributed by atoms with Gasteiger partial charge in [0.05, 0.1) is 0 Å². The number of aliphatic hydroxyl groups excluding tert-OH is 1. The van der Waals surface area contributed by atoms with Crippen LogP contribution in [0.3, 0.4) is 0 Å². The van der Waals surface area contributed by atoms with Crippen LogP contribution in [0, 0.1) is 13.8 Å². The predicted octanol–water partition coefficient (Wildman–Crippen LogP) is 4.01. The molecule has 2 rings (SSSR count). The Kier molecular flexibility index (Phi) is 4.80. The maximum Gasteiger partial charge on any atom is 0.0488 e. The number of benzene rings is 2. The first-order valence-corrected chi connectivity index (χ1v) is 7.14. The molecule has 0 aromatic heterocycles. The summed E-state index contributed by atoms with van der Waals surface area (Å²) in [6, 6.07) is 15.0. The Balaban J connectivity index is 2.11. The normalized spacial score (nSPS) is 12.2. The van der Waals surface area contributed by atoms with Crippen molar-refractivity contribution < 1.29 is 5.11 Å². The first kappa shape index (κ1) is 14.6. The minimum Gasteiger partial charge on any atom is -0.396 e. The summed E-state index contributed by atoms with van der Waals surface area (Å²) < 4.78 is 0. The number of rotatable bonds is 5. The molecule has 1 unspecified atom stereocenters. The molecule has 2 aromatic rings. The molecule has 0 aliphatic rings. The van der Waals surface area contributed by atoms with Crippen LogP contribution in [0.25, 0.3) is 0 Å².